The van der Waals surface area contributed by atoms with Crippen LogP contribution in [0, 0.1) is 28.5 Å². The van der Waals surface area contributed by atoms with E-state index < -0.39 is 27.3 Å². The maximum atomic E-state index is 12.9. The summed E-state index contributed by atoms with van der Waals surface area (Å²) in [5.74, 6) is -1.68. The van der Waals surface area contributed by atoms with Crippen LogP contribution >= 0.6 is 0 Å². The number of nitrogens with zero attached hydrogens (tertiary/aromatic N) is 1. The fourth-order valence-corrected chi connectivity index (χ4v) is 4.24. The van der Waals surface area contributed by atoms with Crippen LogP contribution in [0.2, 0.25) is 0 Å². The van der Waals surface area contributed by atoms with Crippen molar-refractivity contribution < 1.29 is 17.6 Å². The molecule has 1 aromatic carbocycles. The van der Waals surface area contributed by atoms with E-state index in [9.17, 15) is 17.6 Å². The molecule has 0 radical (unpaired) electrons. The van der Waals surface area contributed by atoms with Gasteiger partial charge in [-0.2, -0.15) is 5.26 Å². The monoisotopic (exact) mass is 322 g/mol. The van der Waals surface area contributed by atoms with Gasteiger partial charge in [0.2, 0.25) is 15.9 Å². The summed E-state index contributed by atoms with van der Waals surface area (Å²) < 4.78 is 38.8. The summed E-state index contributed by atoms with van der Waals surface area (Å²) in [6, 6.07) is 7.86. The zero-order chi connectivity index (χ0) is 16.0. The van der Waals surface area contributed by atoms with Crippen molar-refractivity contribution in [2.75, 3.05) is 5.75 Å². The van der Waals surface area contributed by atoms with E-state index in [2.05, 4.69) is 4.72 Å². The third kappa shape index (κ3) is 3.12. The van der Waals surface area contributed by atoms with Crippen LogP contribution in [0.15, 0.2) is 24.3 Å². The topological polar surface area (TPSA) is 87.0 Å². The first-order chi connectivity index (χ1) is 10.3. The van der Waals surface area contributed by atoms with Crippen LogP contribution in [0.1, 0.15) is 30.7 Å². The summed E-state index contributed by atoms with van der Waals surface area (Å²) in [5.41, 5.74) is 0.0149. The van der Waals surface area contributed by atoms with Gasteiger partial charge in [-0.15, -0.1) is 0 Å². The lowest BCUT2D eigenvalue weighted by molar-refractivity contribution is -0.120. The molecule has 116 valence electrons. The van der Waals surface area contributed by atoms with Crippen molar-refractivity contribution >= 4 is 15.9 Å². The van der Waals surface area contributed by atoms with Crippen molar-refractivity contribution in [1.82, 2.24) is 4.72 Å². The van der Waals surface area contributed by atoms with Gasteiger partial charge in [0.25, 0.3) is 0 Å². The number of carbonyl (C=O) groups is 1. The highest BCUT2D eigenvalue weighted by molar-refractivity contribution is 7.90. The number of sulfonamides is 1. The van der Waals surface area contributed by atoms with Gasteiger partial charge in [-0.05, 0) is 42.9 Å². The fraction of sp³-hybridized carbons (Fsp3) is 0.467. The standard InChI is InChI=1S/C15H15FN2O3S/c16-11-3-1-10(2-4-11)12-7-13(12)14(19)18-22(20,21)9-15(8-17)5-6-15/h1-4,12-13H,5-7,9H2,(H,18,19)/t12-,13-/m0/s1. The Labute approximate surface area is 128 Å². The quantitative estimate of drug-likeness (QED) is 0.893. The lowest BCUT2D eigenvalue weighted by Crippen LogP contribution is -2.36. The normalized spacial score (nSPS) is 25.1. The van der Waals surface area contributed by atoms with Gasteiger partial charge in [-0.25, -0.2) is 12.8 Å². The van der Waals surface area contributed by atoms with Crippen molar-refractivity contribution in [2.45, 2.75) is 25.2 Å². The molecule has 1 amide bonds. The number of hydrogen-bond acceptors (Lipinski definition) is 4. The molecule has 2 aliphatic carbocycles. The minimum absolute atomic E-state index is 0.0679. The number of halogens is 1. The zero-order valence-electron chi connectivity index (χ0n) is 11.8. The SMILES string of the molecule is N#CC1(CS(=O)(=O)NC(=O)[C@H]2C[C@H]2c2ccc(F)cc2)CC1. The first-order valence-electron chi connectivity index (χ1n) is 7.05. The van der Waals surface area contributed by atoms with Crippen LogP contribution in [0.4, 0.5) is 4.39 Å². The Morgan fingerprint density at radius 3 is 2.55 bits per heavy atom. The number of nitrogens with one attached hydrogen (secondary N) is 1. The Hall–Kier alpha value is -1.94. The van der Waals surface area contributed by atoms with Crippen molar-refractivity contribution in [3.05, 3.63) is 35.6 Å². The maximum absolute atomic E-state index is 12.9. The second-order valence-corrected chi connectivity index (χ2v) is 7.84. The van der Waals surface area contributed by atoms with Gasteiger partial charge in [0, 0.05) is 5.92 Å². The molecule has 7 heteroatoms. The third-order valence-corrected chi connectivity index (χ3v) is 5.68. The van der Waals surface area contributed by atoms with Crippen LogP contribution in [-0.2, 0) is 14.8 Å². The Bertz CT molecular complexity index is 748. The molecule has 2 fully saturated rings. The number of nitriles is 1. The molecule has 0 heterocycles. The maximum Gasteiger partial charge on any atom is 0.237 e. The molecule has 1 aromatic rings. The molecular formula is C15H15FN2O3S. The van der Waals surface area contributed by atoms with Crippen LogP contribution in [0.25, 0.3) is 0 Å². The van der Waals surface area contributed by atoms with Crippen LogP contribution < -0.4 is 4.72 Å². The number of amides is 1. The van der Waals surface area contributed by atoms with E-state index in [1.807, 2.05) is 6.07 Å². The molecule has 1 N–H and O–H groups in total. The van der Waals surface area contributed by atoms with E-state index in [1.54, 1.807) is 12.1 Å². The summed E-state index contributed by atoms with van der Waals surface area (Å²) in [7, 11) is -3.79. The average molecular weight is 322 g/mol. The Balaban J connectivity index is 1.59. The summed E-state index contributed by atoms with van der Waals surface area (Å²) in [6.07, 6.45) is 1.66. The van der Waals surface area contributed by atoms with Gasteiger partial charge >= 0.3 is 0 Å². The van der Waals surface area contributed by atoms with Crippen molar-refractivity contribution in [3.8, 4) is 6.07 Å². The molecule has 2 atom stereocenters. The highest BCUT2D eigenvalue weighted by Crippen LogP contribution is 2.48. The largest absolute Gasteiger partial charge is 0.274 e. The second kappa shape index (κ2) is 5.06. The lowest BCUT2D eigenvalue weighted by Gasteiger charge is -2.09. The number of carbonyl (C=O) groups excluding carboxylic acids is 1. The molecule has 3 rings (SSSR count). The van der Waals surface area contributed by atoms with E-state index in [1.165, 1.54) is 12.1 Å². The van der Waals surface area contributed by atoms with E-state index in [4.69, 9.17) is 5.26 Å². The minimum Gasteiger partial charge on any atom is -0.274 e. The fourth-order valence-electron chi connectivity index (χ4n) is 2.63. The van der Waals surface area contributed by atoms with Crippen molar-refractivity contribution in [2.24, 2.45) is 11.3 Å². The first-order valence-corrected chi connectivity index (χ1v) is 8.70. The molecule has 0 aromatic heterocycles. The molecule has 0 saturated heterocycles. The number of rotatable bonds is 5. The van der Waals surface area contributed by atoms with Crippen molar-refractivity contribution in [1.29, 1.82) is 5.26 Å². The van der Waals surface area contributed by atoms with Crippen LogP contribution in [0.3, 0.4) is 0 Å². The Kier molecular flexibility index (Phi) is 3.44. The van der Waals surface area contributed by atoms with Gasteiger partial charge in [0.05, 0.1) is 17.2 Å². The van der Waals surface area contributed by atoms with Crippen LogP contribution in [-0.4, -0.2) is 20.1 Å². The summed E-state index contributed by atoms with van der Waals surface area (Å²) in [5, 5.41) is 8.93. The van der Waals surface area contributed by atoms with E-state index in [0.29, 0.717) is 19.3 Å². The molecule has 2 saturated carbocycles. The summed E-state index contributed by atoms with van der Waals surface area (Å²) in [4.78, 5) is 12.0. The lowest BCUT2D eigenvalue weighted by atomic mass is 10.1. The Morgan fingerprint density at radius 2 is 2.00 bits per heavy atom. The minimum atomic E-state index is -3.79. The van der Waals surface area contributed by atoms with Crippen LogP contribution in [0.5, 0.6) is 0 Å². The smallest absolute Gasteiger partial charge is 0.237 e. The second-order valence-electron chi connectivity index (χ2n) is 6.12. The molecule has 22 heavy (non-hydrogen) atoms. The first kappa shape index (κ1) is 15.0. The predicted molar refractivity (Wildman–Crippen MR) is 76.5 cm³/mol. The van der Waals surface area contributed by atoms with E-state index in [0.717, 1.165) is 5.56 Å². The zero-order valence-corrected chi connectivity index (χ0v) is 12.6. The van der Waals surface area contributed by atoms with Gasteiger partial charge in [-0.3, -0.25) is 9.52 Å². The highest BCUT2D eigenvalue weighted by Gasteiger charge is 2.49. The average Bonchev–Trinajstić information content (AvgIpc) is 3.33. The van der Waals surface area contributed by atoms with Gasteiger partial charge in [0.15, 0.2) is 0 Å². The molecule has 5 nitrogen and oxygen atoms in total. The summed E-state index contributed by atoms with van der Waals surface area (Å²) in [6.45, 7) is 0. The van der Waals surface area contributed by atoms with E-state index in [-0.39, 0.29) is 17.5 Å². The molecule has 0 spiro atoms. The number of hydrogen-bond donors (Lipinski definition) is 1. The Morgan fingerprint density at radius 1 is 1.36 bits per heavy atom. The molecule has 0 aliphatic heterocycles. The molecule has 2 aliphatic rings. The third-order valence-electron chi connectivity index (χ3n) is 4.24. The predicted octanol–water partition coefficient (Wildman–Crippen LogP) is 1.68. The van der Waals surface area contributed by atoms with Crippen molar-refractivity contribution in [3.63, 3.8) is 0 Å². The van der Waals surface area contributed by atoms with Gasteiger partial charge < -0.3 is 0 Å². The van der Waals surface area contributed by atoms with E-state index >= 15 is 0 Å². The highest BCUT2D eigenvalue weighted by atomic mass is 32.2. The molecule has 0 bridgehead atoms. The van der Waals surface area contributed by atoms with Gasteiger partial charge in [-0.1, -0.05) is 12.1 Å². The number of benzene rings is 1. The molecular weight excluding hydrogens is 307 g/mol. The molecule has 0 unspecified atom stereocenters. The summed E-state index contributed by atoms with van der Waals surface area (Å²) >= 11 is 0. The van der Waals surface area contributed by atoms with Gasteiger partial charge in [0.1, 0.15) is 5.82 Å².